The third kappa shape index (κ3) is 6.14. The maximum atomic E-state index is 14.2. The van der Waals surface area contributed by atoms with Gasteiger partial charge in [0.1, 0.15) is 17.5 Å². The Hall–Kier alpha value is -3.90. The number of anilines is 1. The van der Waals surface area contributed by atoms with E-state index in [0.717, 1.165) is 61.7 Å². The van der Waals surface area contributed by atoms with E-state index in [-0.39, 0.29) is 17.0 Å². The minimum Gasteiger partial charge on any atom is -0.354 e. The number of nitrogens with zero attached hydrogens (tertiary/aromatic N) is 4. The Balaban J connectivity index is 1.04. The summed E-state index contributed by atoms with van der Waals surface area (Å²) in [6, 6.07) is 25.5. The van der Waals surface area contributed by atoms with Crippen molar-refractivity contribution in [2.75, 3.05) is 31.1 Å². The molecule has 4 nitrogen and oxygen atoms in total. The molecule has 216 valence electrons. The Morgan fingerprint density at radius 2 is 1.45 bits per heavy atom. The van der Waals surface area contributed by atoms with Crippen LogP contribution in [0.3, 0.4) is 0 Å². The molecule has 1 saturated heterocycles. The highest BCUT2D eigenvalue weighted by Gasteiger charge is 2.24. The first kappa shape index (κ1) is 28.2. The van der Waals surface area contributed by atoms with Gasteiger partial charge in [0.15, 0.2) is 0 Å². The SMILES string of the molecule is CC(C)(C)c1ccc(CN2CCN(c3ccc(-c4ccc(C5CCC(c6c(F)cccc6F)=N5)cc4)cn3)CC2)cc1. The number of halogens is 2. The fourth-order valence-electron chi connectivity index (χ4n) is 5.94. The van der Waals surface area contributed by atoms with Gasteiger partial charge in [0.05, 0.1) is 11.6 Å². The van der Waals surface area contributed by atoms with E-state index in [2.05, 4.69) is 96.2 Å². The molecule has 3 aromatic carbocycles. The van der Waals surface area contributed by atoms with Gasteiger partial charge in [0, 0.05) is 50.2 Å². The largest absolute Gasteiger partial charge is 0.354 e. The standard InChI is InChI=1S/C36H38F2N4/c1-36(2,3)29-14-7-25(8-15-29)24-41-19-21-42(22-20-41)34-18-13-28(23-39-34)26-9-11-27(12-10-26)32-16-17-33(40-32)35-30(37)5-4-6-31(35)38/h4-15,18,23,32H,16-17,19-22,24H2,1-3H3. The Morgan fingerprint density at radius 3 is 2.07 bits per heavy atom. The third-order valence-corrected chi connectivity index (χ3v) is 8.52. The lowest BCUT2D eigenvalue weighted by Crippen LogP contribution is -2.46. The van der Waals surface area contributed by atoms with Gasteiger partial charge in [0.2, 0.25) is 0 Å². The minimum atomic E-state index is -0.551. The van der Waals surface area contributed by atoms with Crippen LogP contribution in [0.1, 0.15) is 61.9 Å². The van der Waals surface area contributed by atoms with Crippen molar-refractivity contribution in [3.05, 3.63) is 119 Å². The summed E-state index contributed by atoms with van der Waals surface area (Å²) in [5.41, 5.74) is 6.64. The predicted molar refractivity (Wildman–Crippen MR) is 167 cm³/mol. The highest BCUT2D eigenvalue weighted by Crippen LogP contribution is 2.33. The molecule has 1 unspecified atom stereocenters. The fraction of sp³-hybridized carbons (Fsp3) is 0.333. The first-order valence-electron chi connectivity index (χ1n) is 14.9. The molecule has 4 aromatic rings. The number of hydrogen-bond acceptors (Lipinski definition) is 4. The van der Waals surface area contributed by atoms with Crippen molar-refractivity contribution in [1.82, 2.24) is 9.88 Å². The molecule has 1 fully saturated rings. The van der Waals surface area contributed by atoms with E-state index in [4.69, 9.17) is 4.98 Å². The molecular weight excluding hydrogens is 526 g/mol. The van der Waals surface area contributed by atoms with Crippen LogP contribution in [0.4, 0.5) is 14.6 Å². The van der Waals surface area contributed by atoms with Gasteiger partial charge in [-0.05, 0) is 64.8 Å². The maximum absolute atomic E-state index is 14.2. The normalized spacial score (nSPS) is 17.9. The summed E-state index contributed by atoms with van der Waals surface area (Å²) in [6.45, 7) is 11.7. The van der Waals surface area contributed by atoms with Gasteiger partial charge in [-0.3, -0.25) is 9.89 Å². The van der Waals surface area contributed by atoms with Crippen LogP contribution in [-0.2, 0) is 12.0 Å². The van der Waals surface area contributed by atoms with Crippen LogP contribution < -0.4 is 4.90 Å². The number of pyridine rings is 1. The summed E-state index contributed by atoms with van der Waals surface area (Å²) < 4.78 is 28.5. The number of hydrogen-bond donors (Lipinski definition) is 0. The van der Waals surface area contributed by atoms with Crippen LogP contribution in [0.5, 0.6) is 0 Å². The van der Waals surface area contributed by atoms with E-state index >= 15 is 0 Å². The number of aliphatic imine (C=N–C) groups is 1. The molecule has 1 atom stereocenters. The second-order valence-electron chi connectivity index (χ2n) is 12.5. The van der Waals surface area contributed by atoms with Gasteiger partial charge in [-0.15, -0.1) is 0 Å². The molecule has 2 aliphatic heterocycles. The first-order chi connectivity index (χ1) is 20.2. The van der Waals surface area contributed by atoms with Gasteiger partial charge in [0.25, 0.3) is 0 Å². The lowest BCUT2D eigenvalue weighted by atomic mass is 9.87. The molecule has 2 aliphatic rings. The second kappa shape index (κ2) is 11.8. The molecule has 0 radical (unpaired) electrons. The topological polar surface area (TPSA) is 31.7 Å². The molecule has 3 heterocycles. The summed E-state index contributed by atoms with van der Waals surface area (Å²) >= 11 is 0. The van der Waals surface area contributed by atoms with E-state index in [1.807, 2.05) is 6.20 Å². The van der Waals surface area contributed by atoms with Crippen LogP contribution in [0.15, 0.2) is 90.1 Å². The van der Waals surface area contributed by atoms with Gasteiger partial charge in [-0.25, -0.2) is 13.8 Å². The van der Waals surface area contributed by atoms with Crippen molar-refractivity contribution < 1.29 is 8.78 Å². The highest BCUT2D eigenvalue weighted by molar-refractivity contribution is 6.02. The molecule has 0 saturated carbocycles. The summed E-state index contributed by atoms with van der Waals surface area (Å²) in [4.78, 5) is 14.3. The second-order valence-corrected chi connectivity index (χ2v) is 12.5. The molecular formula is C36H38F2N4. The zero-order valence-corrected chi connectivity index (χ0v) is 24.7. The zero-order valence-electron chi connectivity index (χ0n) is 24.7. The molecule has 6 heteroatoms. The lowest BCUT2D eigenvalue weighted by Gasteiger charge is -2.35. The van der Waals surface area contributed by atoms with Crippen molar-refractivity contribution in [1.29, 1.82) is 0 Å². The Bertz CT molecular complexity index is 1530. The number of rotatable bonds is 6. The average molecular weight is 565 g/mol. The average Bonchev–Trinajstić information content (AvgIpc) is 3.47. The van der Waals surface area contributed by atoms with E-state index < -0.39 is 11.6 Å². The number of aromatic nitrogens is 1. The van der Waals surface area contributed by atoms with Crippen LogP contribution in [-0.4, -0.2) is 41.8 Å². The van der Waals surface area contributed by atoms with Crippen LogP contribution >= 0.6 is 0 Å². The summed E-state index contributed by atoms with van der Waals surface area (Å²) in [6.07, 6.45) is 3.25. The van der Waals surface area contributed by atoms with Crippen LogP contribution in [0.2, 0.25) is 0 Å². The van der Waals surface area contributed by atoms with Gasteiger partial charge < -0.3 is 4.90 Å². The number of benzene rings is 3. The lowest BCUT2D eigenvalue weighted by molar-refractivity contribution is 0.249. The number of piperazine rings is 1. The summed E-state index contributed by atoms with van der Waals surface area (Å²) in [7, 11) is 0. The third-order valence-electron chi connectivity index (χ3n) is 8.52. The molecule has 1 aromatic heterocycles. The Kier molecular flexibility index (Phi) is 7.91. The molecule has 0 bridgehead atoms. The monoisotopic (exact) mass is 564 g/mol. The van der Waals surface area contributed by atoms with Crippen molar-refractivity contribution in [2.24, 2.45) is 4.99 Å². The van der Waals surface area contributed by atoms with E-state index in [1.54, 1.807) is 0 Å². The van der Waals surface area contributed by atoms with Crippen LogP contribution in [0.25, 0.3) is 11.1 Å². The van der Waals surface area contributed by atoms with E-state index in [0.29, 0.717) is 12.1 Å². The van der Waals surface area contributed by atoms with Crippen molar-refractivity contribution >= 4 is 11.5 Å². The quantitative estimate of drug-likeness (QED) is 0.238. The summed E-state index contributed by atoms with van der Waals surface area (Å²) in [5.74, 6) is -0.0910. The highest BCUT2D eigenvalue weighted by atomic mass is 19.1. The van der Waals surface area contributed by atoms with Crippen LogP contribution in [0, 0.1) is 11.6 Å². The van der Waals surface area contributed by atoms with Crippen molar-refractivity contribution in [3.8, 4) is 11.1 Å². The molecule has 0 aliphatic carbocycles. The fourth-order valence-corrected chi connectivity index (χ4v) is 5.94. The molecule has 0 spiro atoms. The van der Waals surface area contributed by atoms with Crippen molar-refractivity contribution in [2.45, 2.75) is 51.6 Å². The van der Waals surface area contributed by atoms with E-state index in [9.17, 15) is 8.78 Å². The van der Waals surface area contributed by atoms with E-state index in [1.165, 1.54) is 29.3 Å². The maximum Gasteiger partial charge on any atom is 0.135 e. The molecule has 6 rings (SSSR count). The Morgan fingerprint density at radius 1 is 0.786 bits per heavy atom. The minimum absolute atomic E-state index is 0.00935. The van der Waals surface area contributed by atoms with Crippen molar-refractivity contribution in [3.63, 3.8) is 0 Å². The smallest absolute Gasteiger partial charge is 0.135 e. The molecule has 0 N–H and O–H groups in total. The predicted octanol–water partition coefficient (Wildman–Crippen LogP) is 7.97. The Labute approximate surface area is 247 Å². The first-order valence-corrected chi connectivity index (χ1v) is 14.9. The molecule has 0 amide bonds. The van der Waals surface area contributed by atoms with Gasteiger partial charge in [-0.1, -0.05) is 75.4 Å². The van der Waals surface area contributed by atoms with Gasteiger partial charge in [-0.2, -0.15) is 0 Å². The summed E-state index contributed by atoms with van der Waals surface area (Å²) in [5, 5.41) is 0. The molecule has 42 heavy (non-hydrogen) atoms. The van der Waals surface area contributed by atoms with Gasteiger partial charge >= 0.3 is 0 Å². The zero-order chi connectivity index (χ0) is 29.3.